The molecule has 2 N–H and O–H groups in total. The standard InChI is InChI=1S/C22H12ClN5OS/c23-16-3-1-2-15(8-16)20-17(10-25)21(27)28-22(18(20)11-26)30-12-19(29)14-6-4-13(9-24)5-7-14/h1-8H,12H2,(H2,27,28). The first-order valence-electron chi connectivity index (χ1n) is 8.54. The summed E-state index contributed by atoms with van der Waals surface area (Å²) in [6.45, 7) is 0. The van der Waals surface area contributed by atoms with E-state index in [2.05, 4.69) is 11.1 Å². The van der Waals surface area contributed by atoms with Crippen LogP contribution in [0.2, 0.25) is 5.02 Å². The normalized spacial score (nSPS) is 9.93. The molecule has 30 heavy (non-hydrogen) atoms. The smallest absolute Gasteiger partial charge is 0.173 e. The number of benzene rings is 2. The van der Waals surface area contributed by atoms with E-state index in [9.17, 15) is 15.3 Å². The lowest BCUT2D eigenvalue weighted by molar-refractivity contribution is 0.102. The highest BCUT2D eigenvalue weighted by Gasteiger charge is 2.21. The van der Waals surface area contributed by atoms with Gasteiger partial charge in [-0.2, -0.15) is 15.8 Å². The Morgan fingerprint density at radius 1 is 1.03 bits per heavy atom. The molecule has 3 aromatic rings. The zero-order valence-electron chi connectivity index (χ0n) is 15.4. The molecule has 0 amide bonds. The summed E-state index contributed by atoms with van der Waals surface area (Å²) < 4.78 is 0. The summed E-state index contributed by atoms with van der Waals surface area (Å²) in [5.74, 6) is -0.212. The number of thioether (sulfide) groups is 1. The van der Waals surface area contributed by atoms with Gasteiger partial charge in [0.05, 0.1) is 22.9 Å². The highest BCUT2D eigenvalue weighted by atomic mass is 35.5. The number of aromatic nitrogens is 1. The number of nitrogens with zero attached hydrogens (tertiary/aromatic N) is 4. The molecule has 3 rings (SSSR count). The van der Waals surface area contributed by atoms with E-state index in [1.54, 1.807) is 48.5 Å². The maximum absolute atomic E-state index is 12.5. The van der Waals surface area contributed by atoms with Gasteiger partial charge in [0.1, 0.15) is 28.5 Å². The van der Waals surface area contributed by atoms with E-state index in [4.69, 9.17) is 22.6 Å². The Labute approximate surface area is 182 Å². The third kappa shape index (κ3) is 4.26. The lowest BCUT2D eigenvalue weighted by Crippen LogP contribution is -2.06. The monoisotopic (exact) mass is 429 g/mol. The number of anilines is 1. The van der Waals surface area contributed by atoms with Gasteiger partial charge in [-0.25, -0.2) is 4.98 Å². The second-order valence-corrected chi connectivity index (χ2v) is 7.46. The molecule has 0 bridgehead atoms. The molecule has 0 radical (unpaired) electrons. The van der Waals surface area contributed by atoms with Crippen molar-refractivity contribution in [2.45, 2.75) is 5.03 Å². The minimum Gasteiger partial charge on any atom is -0.383 e. The summed E-state index contributed by atoms with van der Waals surface area (Å²) in [6, 6.07) is 19.1. The Hall–Kier alpha value is -3.83. The molecule has 1 heterocycles. The third-order valence-corrected chi connectivity index (χ3v) is 5.42. The number of carbonyl (C=O) groups is 1. The van der Waals surface area contributed by atoms with Crippen molar-refractivity contribution in [1.29, 1.82) is 15.8 Å². The average Bonchev–Trinajstić information content (AvgIpc) is 2.76. The number of rotatable bonds is 5. The van der Waals surface area contributed by atoms with Crippen LogP contribution in [0.25, 0.3) is 11.1 Å². The summed E-state index contributed by atoms with van der Waals surface area (Å²) in [4.78, 5) is 16.7. The SMILES string of the molecule is N#Cc1ccc(C(=O)CSc2nc(N)c(C#N)c(-c3cccc(Cl)c3)c2C#N)cc1. The number of nitrogens with two attached hydrogens (primary N) is 1. The van der Waals surface area contributed by atoms with Crippen molar-refractivity contribution < 1.29 is 4.79 Å². The quantitative estimate of drug-likeness (QED) is 0.464. The Balaban J connectivity index is 1.99. The maximum Gasteiger partial charge on any atom is 0.173 e. The summed E-state index contributed by atoms with van der Waals surface area (Å²) in [6.07, 6.45) is 0. The number of carbonyl (C=O) groups excluding carboxylic acids is 1. The number of nitrogen functional groups attached to an aromatic ring is 1. The van der Waals surface area contributed by atoms with Gasteiger partial charge in [0, 0.05) is 16.1 Å². The van der Waals surface area contributed by atoms with Crippen LogP contribution in [-0.2, 0) is 0 Å². The van der Waals surface area contributed by atoms with Crippen LogP contribution in [0.15, 0.2) is 53.6 Å². The third-order valence-electron chi connectivity index (χ3n) is 4.20. The molecule has 0 saturated carbocycles. The molecular formula is C22H12ClN5OS. The van der Waals surface area contributed by atoms with Crippen LogP contribution in [0.3, 0.4) is 0 Å². The molecule has 1 aromatic heterocycles. The number of hydrogen-bond acceptors (Lipinski definition) is 7. The van der Waals surface area contributed by atoms with Crippen molar-refractivity contribution in [2.24, 2.45) is 0 Å². The van der Waals surface area contributed by atoms with Crippen LogP contribution in [-0.4, -0.2) is 16.5 Å². The molecule has 0 saturated heterocycles. The summed E-state index contributed by atoms with van der Waals surface area (Å²) in [5.41, 5.74) is 8.00. The van der Waals surface area contributed by atoms with E-state index >= 15 is 0 Å². The average molecular weight is 430 g/mol. The van der Waals surface area contributed by atoms with Crippen molar-refractivity contribution in [2.75, 3.05) is 11.5 Å². The number of nitriles is 3. The topological polar surface area (TPSA) is 127 Å². The van der Waals surface area contributed by atoms with E-state index < -0.39 is 0 Å². The highest BCUT2D eigenvalue weighted by molar-refractivity contribution is 8.00. The van der Waals surface area contributed by atoms with Gasteiger partial charge in [-0.1, -0.05) is 47.6 Å². The van der Waals surface area contributed by atoms with Crippen molar-refractivity contribution in [3.05, 3.63) is 75.8 Å². The van der Waals surface area contributed by atoms with Gasteiger partial charge in [-0.15, -0.1) is 0 Å². The molecular weight excluding hydrogens is 418 g/mol. The molecule has 0 aliphatic carbocycles. The van der Waals surface area contributed by atoms with Gasteiger partial charge < -0.3 is 5.73 Å². The second-order valence-electron chi connectivity index (χ2n) is 6.06. The van der Waals surface area contributed by atoms with Gasteiger partial charge in [-0.3, -0.25) is 4.79 Å². The Bertz CT molecular complexity index is 1270. The molecule has 8 heteroatoms. The highest BCUT2D eigenvalue weighted by Crippen LogP contribution is 2.36. The number of pyridine rings is 1. The molecule has 6 nitrogen and oxygen atoms in total. The summed E-state index contributed by atoms with van der Waals surface area (Å²) in [7, 11) is 0. The molecule has 0 unspecified atom stereocenters. The predicted octanol–water partition coefficient (Wildman–Crippen LogP) is 4.57. The van der Waals surface area contributed by atoms with Crippen molar-refractivity contribution in [1.82, 2.24) is 4.98 Å². The van der Waals surface area contributed by atoms with Crippen LogP contribution in [0, 0.1) is 34.0 Å². The zero-order valence-corrected chi connectivity index (χ0v) is 17.0. The van der Waals surface area contributed by atoms with Gasteiger partial charge in [0.2, 0.25) is 0 Å². The molecule has 0 fully saturated rings. The molecule has 144 valence electrons. The lowest BCUT2D eigenvalue weighted by atomic mass is 9.97. The van der Waals surface area contributed by atoms with Crippen LogP contribution in [0.1, 0.15) is 27.0 Å². The molecule has 2 aromatic carbocycles. The summed E-state index contributed by atoms with van der Waals surface area (Å²) in [5, 5.41) is 28.9. The number of Topliss-reactive ketones (excluding diaryl/α,β-unsaturated/α-hetero) is 1. The zero-order chi connectivity index (χ0) is 21.7. The Morgan fingerprint density at radius 3 is 2.33 bits per heavy atom. The molecule has 0 aliphatic rings. The van der Waals surface area contributed by atoms with Gasteiger partial charge in [0.15, 0.2) is 5.78 Å². The number of halogens is 1. The van der Waals surface area contributed by atoms with Crippen molar-refractivity contribution in [3.63, 3.8) is 0 Å². The van der Waals surface area contributed by atoms with Crippen LogP contribution >= 0.6 is 23.4 Å². The van der Waals surface area contributed by atoms with E-state index in [1.165, 1.54) is 0 Å². The predicted molar refractivity (Wildman–Crippen MR) is 115 cm³/mol. The van der Waals surface area contributed by atoms with Gasteiger partial charge in [-0.05, 0) is 29.8 Å². The largest absolute Gasteiger partial charge is 0.383 e. The maximum atomic E-state index is 12.5. The van der Waals surface area contributed by atoms with E-state index in [0.717, 1.165) is 11.8 Å². The van der Waals surface area contributed by atoms with Crippen LogP contribution in [0.5, 0.6) is 0 Å². The lowest BCUT2D eigenvalue weighted by Gasteiger charge is -2.13. The van der Waals surface area contributed by atoms with E-state index in [1.807, 2.05) is 12.1 Å². The summed E-state index contributed by atoms with van der Waals surface area (Å²) >= 11 is 7.14. The first-order chi connectivity index (χ1) is 14.5. The fourth-order valence-electron chi connectivity index (χ4n) is 2.78. The molecule has 0 atom stereocenters. The minimum atomic E-state index is -0.192. The second kappa shape index (κ2) is 9.11. The van der Waals surface area contributed by atoms with E-state index in [0.29, 0.717) is 27.3 Å². The first-order valence-corrected chi connectivity index (χ1v) is 9.90. The van der Waals surface area contributed by atoms with Crippen LogP contribution in [0.4, 0.5) is 5.82 Å². The fraction of sp³-hybridized carbons (Fsp3) is 0.0455. The number of ketones is 1. The van der Waals surface area contributed by atoms with Crippen LogP contribution < -0.4 is 5.73 Å². The van der Waals surface area contributed by atoms with Gasteiger partial charge in [0.25, 0.3) is 0 Å². The Kier molecular flexibility index (Phi) is 6.35. The van der Waals surface area contributed by atoms with E-state index in [-0.39, 0.29) is 33.5 Å². The number of hydrogen-bond donors (Lipinski definition) is 1. The Morgan fingerprint density at radius 2 is 1.73 bits per heavy atom. The minimum absolute atomic E-state index is 0.00784. The fourth-order valence-corrected chi connectivity index (χ4v) is 3.86. The molecule has 0 spiro atoms. The molecule has 0 aliphatic heterocycles. The van der Waals surface area contributed by atoms with Crippen molar-refractivity contribution >= 4 is 35.0 Å². The van der Waals surface area contributed by atoms with Crippen molar-refractivity contribution in [3.8, 4) is 29.3 Å². The first kappa shape index (κ1) is 20.9. The van der Waals surface area contributed by atoms with Gasteiger partial charge >= 0.3 is 0 Å².